The van der Waals surface area contributed by atoms with Crippen LogP contribution in [0.2, 0.25) is 0 Å². The molecule has 0 spiro atoms. The van der Waals surface area contributed by atoms with Crippen LogP contribution in [0.15, 0.2) is 36.4 Å². The number of benzene rings is 2. The molecule has 4 nitrogen and oxygen atoms in total. The number of halogens is 3. The van der Waals surface area contributed by atoms with Gasteiger partial charge in [0.25, 0.3) is 0 Å². The summed E-state index contributed by atoms with van der Waals surface area (Å²) < 4.78 is 0. The van der Waals surface area contributed by atoms with Crippen molar-refractivity contribution in [2.75, 3.05) is 45.2 Å². The first kappa shape index (κ1) is 28.2. The van der Waals surface area contributed by atoms with E-state index in [0.717, 1.165) is 32.6 Å². The van der Waals surface area contributed by atoms with Crippen LogP contribution in [0, 0.1) is 0 Å². The van der Waals surface area contributed by atoms with Crippen molar-refractivity contribution in [2.45, 2.75) is 38.9 Å². The van der Waals surface area contributed by atoms with E-state index in [0.29, 0.717) is 6.04 Å². The van der Waals surface area contributed by atoms with Crippen LogP contribution in [0.25, 0.3) is 10.8 Å². The van der Waals surface area contributed by atoms with E-state index < -0.39 is 0 Å². The van der Waals surface area contributed by atoms with Crippen LogP contribution in [0.3, 0.4) is 0 Å². The van der Waals surface area contributed by atoms with Crippen molar-refractivity contribution in [3.63, 3.8) is 0 Å². The molecular formula is C22H37Cl3N4. The Balaban J connectivity index is 0.00000261. The molecule has 0 aromatic heterocycles. The van der Waals surface area contributed by atoms with Gasteiger partial charge in [-0.25, -0.2) is 0 Å². The number of anilines is 1. The van der Waals surface area contributed by atoms with Crippen LogP contribution in [-0.2, 0) is 0 Å². The molecule has 1 aliphatic rings. The summed E-state index contributed by atoms with van der Waals surface area (Å²) in [7, 11) is 4.30. The van der Waals surface area contributed by atoms with E-state index in [1.807, 2.05) is 0 Å². The van der Waals surface area contributed by atoms with Crippen LogP contribution in [-0.4, -0.2) is 51.2 Å². The van der Waals surface area contributed by atoms with Crippen molar-refractivity contribution in [2.24, 2.45) is 0 Å². The molecule has 7 heteroatoms. The summed E-state index contributed by atoms with van der Waals surface area (Å²) in [5.74, 6) is 0. The van der Waals surface area contributed by atoms with Crippen LogP contribution >= 0.6 is 37.2 Å². The molecule has 0 saturated carbocycles. The molecule has 166 valence electrons. The first-order valence-electron chi connectivity index (χ1n) is 9.97. The Kier molecular flexibility index (Phi) is 13.2. The lowest BCUT2D eigenvalue weighted by Gasteiger charge is -2.30. The number of nitrogens with one attached hydrogen (secondary N) is 2. The molecule has 1 atom stereocenters. The summed E-state index contributed by atoms with van der Waals surface area (Å²) in [6.45, 7) is 8.69. The van der Waals surface area contributed by atoms with Crippen LogP contribution < -0.4 is 15.5 Å². The monoisotopic (exact) mass is 462 g/mol. The van der Waals surface area contributed by atoms with E-state index in [2.05, 4.69) is 84.8 Å². The normalized spacial score (nSPS) is 14.7. The zero-order valence-electron chi connectivity index (χ0n) is 18.0. The van der Waals surface area contributed by atoms with Crippen molar-refractivity contribution in [1.82, 2.24) is 15.5 Å². The second-order valence-corrected chi connectivity index (χ2v) is 7.89. The smallest absolute Gasteiger partial charge is 0.106 e. The van der Waals surface area contributed by atoms with Gasteiger partial charge in [-0.3, -0.25) is 5.32 Å². The molecular weight excluding hydrogens is 427 g/mol. The van der Waals surface area contributed by atoms with Gasteiger partial charge in [0, 0.05) is 23.7 Å². The van der Waals surface area contributed by atoms with E-state index >= 15 is 0 Å². The highest BCUT2D eigenvalue weighted by Gasteiger charge is 2.30. The minimum absolute atomic E-state index is 0. The predicted molar refractivity (Wildman–Crippen MR) is 135 cm³/mol. The van der Waals surface area contributed by atoms with Gasteiger partial charge in [-0.05, 0) is 63.6 Å². The quantitative estimate of drug-likeness (QED) is 0.493. The average Bonchev–Trinajstić information content (AvgIpc) is 2.90. The molecule has 2 N–H and O–H groups in total. The van der Waals surface area contributed by atoms with E-state index in [1.54, 1.807) is 0 Å². The molecule has 1 aliphatic heterocycles. The Labute approximate surface area is 195 Å². The SMILES string of the molecule is CC(C)NCCCNC1c2cccc3cccc(c23)N1CCCN(C)C.Cl.Cl.Cl. The molecule has 0 aliphatic carbocycles. The zero-order chi connectivity index (χ0) is 18.5. The van der Waals surface area contributed by atoms with Crippen LogP contribution in [0.5, 0.6) is 0 Å². The molecule has 2 aromatic carbocycles. The summed E-state index contributed by atoms with van der Waals surface area (Å²) in [5, 5.41) is 10.1. The van der Waals surface area contributed by atoms with E-state index in [9.17, 15) is 0 Å². The van der Waals surface area contributed by atoms with Gasteiger partial charge in [-0.2, -0.15) is 0 Å². The zero-order valence-corrected chi connectivity index (χ0v) is 20.4. The van der Waals surface area contributed by atoms with Gasteiger partial charge in [0.15, 0.2) is 0 Å². The fourth-order valence-corrected chi connectivity index (χ4v) is 3.87. The van der Waals surface area contributed by atoms with Crippen LogP contribution in [0.1, 0.15) is 38.4 Å². The Morgan fingerprint density at radius 2 is 1.66 bits per heavy atom. The molecule has 0 radical (unpaired) electrons. The van der Waals surface area contributed by atoms with Crippen LogP contribution in [0.4, 0.5) is 5.69 Å². The molecule has 0 amide bonds. The van der Waals surface area contributed by atoms with Gasteiger partial charge in [-0.15, -0.1) is 37.2 Å². The fraction of sp³-hybridized carbons (Fsp3) is 0.545. The van der Waals surface area contributed by atoms with E-state index in [1.165, 1.54) is 28.4 Å². The molecule has 2 aromatic rings. The highest BCUT2D eigenvalue weighted by atomic mass is 35.5. The third-order valence-corrected chi connectivity index (χ3v) is 5.08. The largest absolute Gasteiger partial charge is 0.351 e. The third kappa shape index (κ3) is 7.16. The summed E-state index contributed by atoms with van der Waals surface area (Å²) >= 11 is 0. The summed E-state index contributed by atoms with van der Waals surface area (Å²) in [6.07, 6.45) is 2.61. The molecule has 0 bridgehead atoms. The molecule has 0 fully saturated rings. The van der Waals surface area contributed by atoms with Crippen molar-refractivity contribution in [1.29, 1.82) is 0 Å². The molecule has 29 heavy (non-hydrogen) atoms. The Morgan fingerprint density at radius 3 is 2.31 bits per heavy atom. The molecule has 1 heterocycles. The Morgan fingerprint density at radius 1 is 0.966 bits per heavy atom. The molecule has 3 rings (SSSR count). The van der Waals surface area contributed by atoms with Crippen molar-refractivity contribution >= 4 is 53.7 Å². The molecule has 1 unspecified atom stereocenters. The maximum atomic E-state index is 3.82. The summed E-state index contributed by atoms with van der Waals surface area (Å²) in [5.41, 5.74) is 2.81. The standard InChI is InChI=1S/C22H34N4.3ClH/c1-17(2)23-13-7-14-24-22-19-11-5-9-18-10-6-12-20(21(18)19)26(22)16-8-15-25(3)4;;;/h5-6,9-12,17,22-24H,7-8,13-16H2,1-4H3;3*1H. The minimum Gasteiger partial charge on any atom is -0.351 e. The highest BCUT2D eigenvalue weighted by Crippen LogP contribution is 2.42. The lowest BCUT2D eigenvalue weighted by Crippen LogP contribution is -2.38. The minimum atomic E-state index is 0. The maximum absolute atomic E-state index is 3.82. The van der Waals surface area contributed by atoms with Gasteiger partial charge >= 0.3 is 0 Å². The second kappa shape index (κ2) is 13.5. The fourth-order valence-electron chi connectivity index (χ4n) is 3.87. The van der Waals surface area contributed by atoms with Crippen molar-refractivity contribution in [3.8, 4) is 0 Å². The van der Waals surface area contributed by atoms with Gasteiger partial charge < -0.3 is 15.1 Å². The van der Waals surface area contributed by atoms with Gasteiger partial charge in [0.05, 0.1) is 0 Å². The van der Waals surface area contributed by atoms with Crippen molar-refractivity contribution in [3.05, 3.63) is 42.0 Å². The summed E-state index contributed by atoms with van der Waals surface area (Å²) in [4.78, 5) is 4.83. The van der Waals surface area contributed by atoms with Crippen molar-refractivity contribution < 1.29 is 0 Å². The Hall–Kier alpha value is -0.750. The maximum Gasteiger partial charge on any atom is 0.106 e. The lowest BCUT2D eigenvalue weighted by molar-refractivity contribution is 0.392. The number of hydrogen-bond acceptors (Lipinski definition) is 4. The summed E-state index contributed by atoms with van der Waals surface area (Å²) in [6, 6.07) is 14.0. The van der Waals surface area contributed by atoms with Gasteiger partial charge in [-0.1, -0.05) is 44.2 Å². The number of nitrogens with zero attached hydrogens (tertiary/aromatic N) is 2. The topological polar surface area (TPSA) is 30.5 Å². The third-order valence-electron chi connectivity index (χ3n) is 5.08. The Bertz CT molecular complexity index is 719. The number of hydrogen-bond donors (Lipinski definition) is 2. The molecule has 0 saturated heterocycles. The second-order valence-electron chi connectivity index (χ2n) is 7.89. The predicted octanol–water partition coefficient (Wildman–Crippen LogP) is 4.85. The lowest BCUT2D eigenvalue weighted by atomic mass is 10.0. The number of rotatable bonds is 10. The van der Waals surface area contributed by atoms with Gasteiger partial charge in [0.1, 0.15) is 6.17 Å². The van der Waals surface area contributed by atoms with Gasteiger partial charge in [0.2, 0.25) is 0 Å². The first-order valence-corrected chi connectivity index (χ1v) is 9.97. The van der Waals surface area contributed by atoms with E-state index in [4.69, 9.17) is 0 Å². The average molecular weight is 464 g/mol. The first-order chi connectivity index (χ1) is 12.6. The van der Waals surface area contributed by atoms with E-state index in [-0.39, 0.29) is 43.4 Å². The highest BCUT2D eigenvalue weighted by molar-refractivity contribution is 6.00.